The Hall–Kier alpha value is -0.870. The smallest absolute Gasteiger partial charge is 0.238 e. The molecule has 0 spiro atoms. The zero-order valence-corrected chi connectivity index (χ0v) is 11.4. The number of carbonyl (C=O) groups is 1. The molecular weight excluding hydrogens is 268 g/mol. The van der Waals surface area contributed by atoms with Crippen LogP contribution in [0.25, 0.3) is 0 Å². The third kappa shape index (κ3) is 4.33. The number of anilines is 1. The van der Waals surface area contributed by atoms with E-state index in [2.05, 4.69) is 26.6 Å². The summed E-state index contributed by atoms with van der Waals surface area (Å²) in [4.78, 5) is 11.6. The highest BCUT2D eigenvalue weighted by Crippen LogP contribution is 2.19. The van der Waals surface area contributed by atoms with Crippen LogP contribution in [0.4, 0.5) is 5.69 Å². The number of carbonyl (C=O) groups excluding carboxylic acids is 1. The predicted octanol–water partition coefficient (Wildman–Crippen LogP) is 2.69. The molecule has 2 N–H and O–H groups in total. The monoisotopic (exact) mass is 284 g/mol. The van der Waals surface area contributed by atoms with Gasteiger partial charge in [0.25, 0.3) is 0 Å². The van der Waals surface area contributed by atoms with Gasteiger partial charge >= 0.3 is 0 Å². The van der Waals surface area contributed by atoms with E-state index in [4.69, 9.17) is 0 Å². The Labute approximate surface area is 105 Å². The Balaban J connectivity index is 2.56. The molecule has 1 aromatic carbocycles. The number of rotatable bonds is 4. The molecule has 0 atom stereocenters. The molecule has 0 radical (unpaired) electrons. The number of nitrogens with one attached hydrogen (secondary N) is 2. The molecule has 0 saturated carbocycles. The molecule has 16 heavy (non-hydrogen) atoms. The fourth-order valence-electron chi connectivity index (χ4n) is 1.26. The molecule has 0 aliphatic rings. The minimum Gasteiger partial charge on any atom is -0.325 e. The van der Waals surface area contributed by atoms with Crippen LogP contribution >= 0.6 is 15.9 Å². The maximum Gasteiger partial charge on any atom is 0.238 e. The zero-order chi connectivity index (χ0) is 12.1. The maximum atomic E-state index is 11.6. The lowest BCUT2D eigenvalue weighted by Gasteiger charge is -2.10. The summed E-state index contributed by atoms with van der Waals surface area (Å²) in [6, 6.07) is 6.10. The van der Waals surface area contributed by atoms with Crippen molar-refractivity contribution in [2.24, 2.45) is 0 Å². The van der Waals surface area contributed by atoms with Crippen LogP contribution in [-0.2, 0) is 4.79 Å². The van der Waals surface area contributed by atoms with Crippen LogP contribution in [0, 0.1) is 6.92 Å². The van der Waals surface area contributed by atoms with Gasteiger partial charge in [0, 0.05) is 16.2 Å². The van der Waals surface area contributed by atoms with Gasteiger partial charge in [-0.2, -0.15) is 0 Å². The van der Waals surface area contributed by atoms with Crippen molar-refractivity contribution in [2.45, 2.75) is 26.8 Å². The molecule has 0 aromatic heterocycles. The Morgan fingerprint density at radius 3 is 2.69 bits per heavy atom. The summed E-state index contributed by atoms with van der Waals surface area (Å²) in [5, 5.41) is 5.95. The Bertz CT molecular complexity index is 377. The van der Waals surface area contributed by atoms with E-state index in [9.17, 15) is 4.79 Å². The Kier molecular flexibility index (Phi) is 4.96. The first-order chi connectivity index (χ1) is 7.49. The highest BCUT2D eigenvalue weighted by Gasteiger charge is 2.05. The minimum absolute atomic E-state index is 0.0147. The molecular formula is C12H17BrN2O. The van der Waals surface area contributed by atoms with E-state index in [-0.39, 0.29) is 5.91 Å². The third-order valence-corrected chi connectivity index (χ3v) is 2.63. The fourth-order valence-corrected chi connectivity index (χ4v) is 1.73. The number of hydrogen-bond donors (Lipinski definition) is 2. The molecule has 3 nitrogen and oxygen atoms in total. The van der Waals surface area contributed by atoms with Gasteiger partial charge in [0.05, 0.1) is 6.54 Å². The molecule has 1 amide bonds. The van der Waals surface area contributed by atoms with Crippen molar-refractivity contribution >= 4 is 27.5 Å². The summed E-state index contributed by atoms with van der Waals surface area (Å²) >= 11 is 3.39. The summed E-state index contributed by atoms with van der Waals surface area (Å²) < 4.78 is 1.02. The summed E-state index contributed by atoms with van der Waals surface area (Å²) in [7, 11) is 0. The standard InChI is InChI=1S/C12H17BrN2O/c1-8(2)14-7-12(16)15-11-5-4-10(13)6-9(11)3/h4-6,8,14H,7H2,1-3H3,(H,15,16). The summed E-state index contributed by atoms with van der Waals surface area (Å²) in [6.45, 7) is 6.33. The van der Waals surface area contributed by atoms with Gasteiger partial charge in [0.1, 0.15) is 0 Å². The normalized spacial score (nSPS) is 10.6. The van der Waals surface area contributed by atoms with Gasteiger partial charge in [-0.25, -0.2) is 0 Å². The van der Waals surface area contributed by atoms with Gasteiger partial charge in [-0.15, -0.1) is 0 Å². The van der Waals surface area contributed by atoms with Crippen LogP contribution in [0.3, 0.4) is 0 Å². The van der Waals surface area contributed by atoms with Gasteiger partial charge in [-0.1, -0.05) is 29.8 Å². The van der Waals surface area contributed by atoms with E-state index < -0.39 is 0 Å². The van der Waals surface area contributed by atoms with E-state index in [1.165, 1.54) is 0 Å². The van der Waals surface area contributed by atoms with E-state index in [0.29, 0.717) is 12.6 Å². The third-order valence-electron chi connectivity index (χ3n) is 2.13. The topological polar surface area (TPSA) is 41.1 Å². The van der Waals surface area contributed by atoms with Crippen LogP contribution in [0.5, 0.6) is 0 Å². The second kappa shape index (κ2) is 6.01. The minimum atomic E-state index is -0.0147. The van der Waals surface area contributed by atoms with E-state index >= 15 is 0 Å². The van der Waals surface area contributed by atoms with Crippen LogP contribution < -0.4 is 10.6 Å². The number of amides is 1. The van der Waals surface area contributed by atoms with Crippen LogP contribution in [0.1, 0.15) is 19.4 Å². The van der Waals surface area contributed by atoms with Gasteiger partial charge in [-0.3, -0.25) is 4.79 Å². The van der Waals surface area contributed by atoms with Crippen molar-refractivity contribution in [3.8, 4) is 0 Å². The quantitative estimate of drug-likeness (QED) is 0.893. The molecule has 0 aliphatic carbocycles. The zero-order valence-electron chi connectivity index (χ0n) is 9.80. The van der Waals surface area contributed by atoms with Gasteiger partial charge in [0.2, 0.25) is 5.91 Å². The summed E-state index contributed by atoms with van der Waals surface area (Å²) in [5.74, 6) is -0.0147. The highest BCUT2D eigenvalue weighted by atomic mass is 79.9. The first-order valence-electron chi connectivity index (χ1n) is 5.28. The average molecular weight is 285 g/mol. The summed E-state index contributed by atoms with van der Waals surface area (Å²) in [6.07, 6.45) is 0. The Morgan fingerprint density at radius 1 is 1.44 bits per heavy atom. The van der Waals surface area contributed by atoms with E-state index in [1.807, 2.05) is 39.0 Å². The largest absolute Gasteiger partial charge is 0.325 e. The van der Waals surface area contributed by atoms with Crippen LogP contribution in [0.2, 0.25) is 0 Å². The van der Waals surface area contributed by atoms with Crippen LogP contribution in [-0.4, -0.2) is 18.5 Å². The molecule has 4 heteroatoms. The fraction of sp³-hybridized carbons (Fsp3) is 0.417. The highest BCUT2D eigenvalue weighted by molar-refractivity contribution is 9.10. The second-order valence-electron chi connectivity index (χ2n) is 4.04. The van der Waals surface area contributed by atoms with Crippen molar-refractivity contribution in [1.29, 1.82) is 0 Å². The molecule has 0 aliphatic heterocycles. The molecule has 1 rings (SSSR count). The summed E-state index contributed by atoms with van der Waals surface area (Å²) in [5.41, 5.74) is 1.91. The van der Waals surface area contributed by atoms with Gasteiger partial charge in [-0.05, 0) is 30.7 Å². The molecule has 0 unspecified atom stereocenters. The first-order valence-corrected chi connectivity index (χ1v) is 6.07. The molecule has 0 saturated heterocycles. The molecule has 0 bridgehead atoms. The number of hydrogen-bond acceptors (Lipinski definition) is 2. The molecule has 0 fully saturated rings. The SMILES string of the molecule is Cc1cc(Br)ccc1NC(=O)CNC(C)C. The molecule has 0 heterocycles. The molecule has 1 aromatic rings. The lowest BCUT2D eigenvalue weighted by molar-refractivity contribution is -0.115. The van der Waals surface area contributed by atoms with Gasteiger partial charge in [0.15, 0.2) is 0 Å². The van der Waals surface area contributed by atoms with Crippen LogP contribution in [0.15, 0.2) is 22.7 Å². The average Bonchev–Trinajstić information content (AvgIpc) is 2.19. The Morgan fingerprint density at radius 2 is 2.12 bits per heavy atom. The number of halogens is 1. The number of aryl methyl sites for hydroxylation is 1. The van der Waals surface area contributed by atoms with Gasteiger partial charge < -0.3 is 10.6 Å². The molecule has 88 valence electrons. The van der Waals surface area contributed by atoms with Crippen molar-refractivity contribution in [2.75, 3.05) is 11.9 Å². The lowest BCUT2D eigenvalue weighted by Crippen LogP contribution is -2.32. The van der Waals surface area contributed by atoms with E-state index in [0.717, 1.165) is 15.7 Å². The van der Waals surface area contributed by atoms with Crippen molar-refractivity contribution < 1.29 is 4.79 Å². The second-order valence-corrected chi connectivity index (χ2v) is 4.96. The first kappa shape index (κ1) is 13.2. The lowest BCUT2D eigenvalue weighted by atomic mass is 10.2. The van der Waals surface area contributed by atoms with Crippen molar-refractivity contribution in [3.63, 3.8) is 0 Å². The number of benzene rings is 1. The van der Waals surface area contributed by atoms with Crippen molar-refractivity contribution in [1.82, 2.24) is 5.32 Å². The maximum absolute atomic E-state index is 11.6. The predicted molar refractivity (Wildman–Crippen MR) is 70.6 cm³/mol. The van der Waals surface area contributed by atoms with E-state index in [1.54, 1.807) is 0 Å². The van der Waals surface area contributed by atoms with Crippen molar-refractivity contribution in [3.05, 3.63) is 28.2 Å².